The number of rotatable bonds is 4. The van der Waals surface area contributed by atoms with Crippen LogP contribution in [0.1, 0.15) is 25.7 Å². The zero-order valence-corrected chi connectivity index (χ0v) is 15.5. The Kier molecular flexibility index (Phi) is 5.12. The van der Waals surface area contributed by atoms with E-state index < -0.39 is 6.36 Å². The van der Waals surface area contributed by atoms with Gasteiger partial charge in [-0.05, 0) is 56.8 Å². The molecule has 0 aromatic carbocycles. The van der Waals surface area contributed by atoms with Crippen LogP contribution in [0.25, 0.3) is 0 Å². The molecular formula is C20H28F3N3O. The van der Waals surface area contributed by atoms with Crippen LogP contribution in [0.4, 0.5) is 13.2 Å². The van der Waals surface area contributed by atoms with Crippen molar-refractivity contribution in [3.63, 3.8) is 0 Å². The van der Waals surface area contributed by atoms with Crippen LogP contribution in [-0.4, -0.2) is 61.0 Å². The standard InChI is InChI=1S/C20H28F3N3O/c21-20(22,23)27-18-7-5-16(6-8-18)25-10-9-19(12-25)13-26(14-19)17-3-1-15(11-24)2-4-17/h1,3,5,7-8,15-17H,2,4,6,9-14,24H2. The van der Waals surface area contributed by atoms with Crippen LogP contribution in [0.2, 0.25) is 0 Å². The fourth-order valence-electron chi connectivity index (χ4n) is 4.99. The molecule has 2 aliphatic carbocycles. The summed E-state index contributed by atoms with van der Waals surface area (Å²) in [6.45, 7) is 5.04. The van der Waals surface area contributed by atoms with E-state index in [4.69, 9.17) is 5.73 Å². The first-order valence-corrected chi connectivity index (χ1v) is 9.86. The number of nitrogens with zero attached hydrogens (tertiary/aromatic N) is 2. The number of nitrogens with two attached hydrogens (primary N) is 1. The van der Waals surface area contributed by atoms with Gasteiger partial charge in [-0.1, -0.05) is 18.2 Å². The number of ether oxygens (including phenoxy) is 1. The van der Waals surface area contributed by atoms with Crippen LogP contribution in [-0.2, 0) is 4.74 Å². The summed E-state index contributed by atoms with van der Waals surface area (Å²) in [6.07, 6.45) is 8.97. The van der Waals surface area contributed by atoms with Gasteiger partial charge in [0.25, 0.3) is 0 Å². The van der Waals surface area contributed by atoms with Crippen LogP contribution in [0, 0.1) is 11.3 Å². The second kappa shape index (κ2) is 7.26. The monoisotopic (exact) mass is 383 g/mol. The summed E-state index contributed by atoms with van der Waals surface area (Å²) >= 11 is 0. The Balaban J connectivity index is 1.26. The molecule has 3 unspecified atom stereocenters. The minimum atomic E-state index is -4.62. The van der Waals surface area contributed by atoms with E-state index in [2.05, 4.69) is 26.7 Å². The van der Waals surface area contributed by atoms with Crippen LogP contribution in [0.5, 0.6) is 0 Å². The van der Waals surface area contributed by atoms with E-state index in [0.29, 0.717) is 23.8 Å². The minimum Gasteiger partial charge on any atom is -0.406 e. The van der Waals surface area contributed by atoms with E-state index in [9.17, 15) is 13.2 Å². The third-order valence-corrected chi connectivity index (χ3v) is 6.50. The van der Waals surface area contributed by atoms with Gasteiger partial charge in [-0.25, -0.2) is 0 Å². The Morgan fingerprint density at radius 2 is 1.85 bits per heavy atom. The summed E-state index contributed by atoms with van der Waals surface area (Å²) < 4.78 is 40.9. The number of hydrogen-bond acceptors (Lipinski definition) is 4. The third-order valence-electron chi connectivity index (χ3n) is 6.50. The molecule has 0 amide bonds. The number of allylic oxidation sites excluding steroid dienone is 1. The van der Waals surface area contributed by atoms with Gasteiger partial charge in [0.2, 0.25) is 0 Å². The van der Waals surface area contributed by atoms with E-state index in [1.807, 2.05) is 6.08 Å². The molecular weight excluding hydrogens is 355 g/mol. The number of hydrogen-bond donors (Lipinski definition) is 1. The van der Waals surface area contributed by atoms with Crippen molar-refractivity contribution in [3.05, 3.63) is 36.1 Å². The first-order valence-electron chi connectivity index (χ1n) is 9.86. The highest BCUT2D eigenvalue weighted by molar-refractivity contribution is 5.22. The van der Waals surface area contributed by atoms with Crippen molar-refractivity contribution in [2.75, 3.05) is 32.7 Å². The summed E-state index contributed by atoms with van der Waals surface area (Å²) in [5.41, 5.74) is 6.11. The summed E-state index contributed by atoms with van der Waals surface area (Å²) in [7, 11) is 0. The third kappa shape index (κ3) is 4.25. The lowest BCUT2D eigenvalue weighted by molar-refractivity contribution is -0.303. The second-order valence-corrected chi connectivity index (χ2v) is 8.47. The maximum absolute atomic E-state index is 12.3. The van der Waals surface area contributed by atoms with Gasteiger partial charge in [0, 0.05) is 37.1 Å². The molecule has 2 fully saturated rings. The molecule has 4 nitrogen and oxygen atoms in total. The highest BCUT2D eigenvalue weighted by atomic mass is 19.4. The molecule has 7 heteroatoms. The van der Waals surface area contributed by atoms with Crippen LogP contribution in [0.15, 0.2) is 36.1 Å². The maximum Gasteiger partial charge on any atom is 0.573 e. The summed E-state index contributed by atoms with van der Waals surface area (Å²) in [4.78, 5) is 4.98. The first-order chi connectivity index (χ1) is 12.9. The van der Waals surface area contributed by atoms with E-state index in [-0.39, 0.29) is 11.8 Å². The van der Waals surface area contributed by atoms with Crippen LogP contribution in [0.3, 0.4) is 0 Å². The molecule has 2 N–H and O–H groups in total. The average Bonchev–Trinajstić information content (AvgIpc) is 3.06. The van der Waals surface area contributed by atoms with Gasteiger partial charge >= 0.3 is 6.36 Å². The van der Waals surface area contributed by atoms with Crippen molar-refractivity contribution in [2.45, 2.75) is 44.1 Å². The van der Waals surface area contributed by atoms with Crippen LogP contribution < -0.4 is 5.73 Å². The molecule has 150 valence electrons. The molecule has 0 bridgehead atoms. The molecule has 0 aromatic heterocycles. The van der Waals surface area contributed by atoms with Gasteiger partial charge in [0.15, 0.2) is 0 Å². The molecule has 2 aliphatic heterocycles. The van der Waals surface area contributed by atoms with Crippen molar-refractivity contribution >= 4 is 0 Å². The Morgan fingerprint density at radius 3 is 2.44 bits per heavy atom. The molecule has 4 aliphatic rings. The average molecular weight is 383 g/mol. The maximum atomic E-state index is 12.3. The minimum absolute atomic E-state index is 0.0950. The lowest BCUT2D eigenvalue weighted by atomic mass is 9.77. The van der Waals surface area contributed by atoms with Crippen molar-refractivity contribution in [1.29, 1.82) is 0 Å². The summed E-state index contributed by atoms with van der Waals surface area (Å²) in [5, 5.41) is 0. The Morgan fingerprint density at radius 1 is 1.07 bits per heavy atom. The fraction of sp³-hybridized carbons (Fsp3) is 0.700. The zero-order chi connectivity index (χ0) is 19.1. The van der Waals surface area contributed by atoms with Crippen molar-refractivity contribution in [1.82, 2.24) is 9.80 Å². The summed E-state index contributed by atoms with van der Waals surface area (Å²) in [5.74, 6) is 0.443. The molecule has 0 radical (unpaired) electrons. The van der Waals surface area contributed by atoms with Gasteiger partial charge in [0.1, 0.15) is 5.76 Å². The van der Waals surface area contributed by atoms with Gasteiger partial charge in [-0.15, -0.1) is 13.2 Å². The highest BCUT2D eigenvalue weighted by Gasteiger charge is 2.50. The normalized spacial score (nSPS) is 33.9. The van der Waals surface area contributed by atoms with E-state index in [0.717, 1.165) is 32.7 Å². The highest BCUT2D eigenvalue weighted by Crippen LogP contribution is 2.43. The Labute approximate surface area is 158 Å². The molecule has 4 rings (SSSR count). The Bertz CT molecular complexity index is 637. The smallest absolute Gasteiger partial charge is 0.406 e. The van der Waals surface area contributed by atoms with Crippen molar-refractivity contribution in [3.8, 4) is 0 Å². The van der Waals surface area contributed by atoms with E-state index in [1.165, 1.54) is 25.3 Å². The topological polar surface area (TPSA) is 41.7 Å². The van der Waals surface area contributed by atoms with Gasteiger partial charge in [-0.3, -0.25) is 9.80 Å². The lowest BCUT2D eigenvalue weighted by Crippen LogP contribution is -2.61. The molecule has 0 saturated carbocycles. The molecule has 3 atom stereocenters. The molecule has 0 aromatic rings. The molecule has 27 heavy (non-hydrogen) atoms. The summed E-state index contributed by atoms with van der Waals surface area (Å²) in [6, 6.07) is 0.728. The van der Waals surface area contributed by atoms with E-state index >= 15 is 0 Å². The van der Waals surface area contributed by atoms with Crippen LogP contribution >= 0.6 is 0 Å². The quantitative estimate of drug-likeness (QED) is 0.758. The largest absolute Gasteiger partial charge is 0.573 e. The number of likely N-dealkylation sites (tertiary alicyclic amines) is 2. The number of alkyl halides is 3. The molecule has 1 spiro atoms. The second-order valence-electron chi connectivity index (χ2n) is 8.47. The Hall–Kier alpha value is -1.31. The predicted octanol–water partition coefficient (Wildman–Crippen LogP) is 3.04. The predicted molar refractivity (Wildman–Crippen MR) is 97.7 cm³/mol. The first kappa shape index (κ1) is 19.0. The van der Waals surface area contributed by atoms with E-state index in [1.54, 1.807) is 6.08 Å². The SMILES string of the molecule is NCC1C=CC(N2CC3(CCN(C4C=CC(OC(F)(F)F)=CC4)C3)C2)CC1. The van der Waals surface area contributed by atoms with Gasteiger partial charge in [-0.2, -0.15) is 0 Å². The molecule has 2 saturated heterocycles. The van der Waals surface area contributed by atoms with Gasteiger partial charge in [0.05, 0.1) is 0 Å². The van der Waals surface area contributed by atoms with Crippen molar-refractivity contribution in [2.24, 2.45) is 17.1 Å². The lowest BCUT2D eigenvalue weighted by Gasteiger charge is -2.52. The fourth-order valence-corrected chi connectivity index (χ4v) is 4.99. The van der Waals surface area contributed by atoms with Gasteiger partial charge < -0.3 is 10.5 Å². The number of halogens is 3. The zero-order valence-electron chi connectivity index (χ0n) is 15.5. The molecule has 2 heterocycles. The van der Waals surface area contributed by atoms with Crippen molar-refractivity contribution < 1.29 is 17.9 Å².